The summed E-state index contributed by atoms with van der Waals surface area (Å²) in [6, 6.07) is 17.5. The maximum atomic E-state index is 12.0. The second-order valence-electron chi connectivity index (χ2n) is 5.41. The lowest BCUT2D eigenvalue weighted by Crippen LogP contribution is -2.24. The molecule has 5 nitrogen and oxygen atoms in total. The third kappa shape index (κ3) is 3.95. The summed E-state index contributed by atoms with van der Waals surface area (Å²) in [5, 5.41) is 7.05. The van der Waals surface area contributed by atoms with E-state index in [0.717, 1.165) is 16.8 Å². The first-order valence-electron chi connectivity index (χ1n) is 7.71. The normalized spacial score (nSPS) is 12.2. The van der Waals surface area contributed by atoms with Crippen LogP contribution in [0.3, 0.4) is 0 Å². The summed E-state index contributed by atoms with van der Waals surface area (Å²) in [5.74, 6) is -0.119. The molecule has 0 bridgehead atoms. The van der Waals surface area contributed by atoms with Gasteiger partial charge in [-0.1, -0.05) is 42.5 Å². The van der Waals surface area contributed by atoms with Crippen molar-refractivity contribution in [3.05, 3.63) is 84.5 Å². The van der Waals surface area contributed by atoms with Gasteiger partial charge in [-0.05, 0) is 36.3 Å². The van der Waals surface area contributed by atoms with Gasteiger partial charge in [0.15, 0.2) is 0 Å². The maximum absolute atomic E-state index is 12.0. The summed E-state index contributed by atoms with van der Waals surface area (Å²) in [4.78, 5) is 16.0. The molecule has 0 spiro atoms. The van der Waals surface area contributed by atoms with Gasteiger partial charge in [-0.15, -0.1) is 0 Å². The number of hydrogen-bond acceptors (Lipinski definition) is 3. The highest BCUT2D eigenvalue weighted by Crippen LogP contribution is 2.15. The molecule has 1 N–H and O–H groups in total. The van der Waals surface area contributed by atoms with Crippen molar-refractivity contribution in [3.8, 4) is 5.69 Å². The van der Waals surface area contributed by atoms with E-state index in [4.69, 9.17) is 0 Å². The molecule has 1 heterocycles. The zero-order valence-electron chi connectivity index (χ0n) is 13.3. The summed E-state index contributed by atoms with van der Waals surface area (Å²) in [6.45, 7) is 1.96. The number of benzene rings is 2. The second kappa shape index (κ2) is 7.37. The van der Waals surface area contributed by atoms with Crippen LogP contribution in [0.4, 0.5) is 0 Å². The van der Waals surface area contributed by atoms with E-state index in [1.807, 2.05) is 61.5 Å². The zero-order chi connectivity index (χ0) is 16.8. The van der Waals surface area contributed by atoms with Gasteiger partial charge in [0.25, 0.3) is 0 Å². The molecule has 2 aromatic carbocycles. The molecule has 5 heteroatoms. The maximum Gasteiger partial charge on any atom is 0.244 e. The highest BCUT2D eigenvalue weighted by molar-refractivity contribution is 5.91. The van der Waals surface area contributed by atoms with E-state index in [1.54, 1.807) is 23.2 Å². The van der Waals surface area contributed by atoms with Crippen LogP contribution in [0.15, 0.2) is 73.3 Å². The van der Waals surface area contributed by atoms with Gasteiger partial charge in [-0.3, -0.25) is 4.79 Å². The van der Waals surface area contributed by atoms with Crippen LogP contribution in [0.5, 0.6) is 0 Å². The Morgan fingerprint density at radius 1 is 1.12 bits per heavy atom. The van der Waals surface area contributed by atoms with E-state index >= 15 is 0 Å². The summed E-state index contributed by atoms with van der Waals surface area (Å²) in [7, 11) is 0. The number of nitrogens with zero attached hydrogens (tertiary/aromatic N) is 3. The molecule has 24 heavy (non-hydrogen) atoms. The van der Waals surface area contributed by atoms with E-state index in [2.05, 4.69) is 15.4 Å². The molecule has 0 aliphatic carbocycles. The lowest BCUT2D eigenvalue weighted by Gasteiger charge is -2.13. The Kier molecular flexibility index (Phi) is 4.81. The van der Waals surface area contributed by atoms with Gasteiger partial charge >= 0.3 is 0 Å². The van der Waals surface area contributed by atoms with Crippen molar-refractivity contribution in [1.82, 2.24) is 20.1 Å². The van der Waals surface area contributed by atoms with Crippen LogP contribution in [-0.2, 0) is 4.79 Å². The van der Waals surface area contributed by atoms with Gasteiger partial charge in [-0.25, -0.2) is 9.67 Å². The van der Waals surface area contributed by atoms with Crippen molar-refractivity contribution in [2.45, 2.75) is 13.0 Å². The highest BCUT2D eigenvalue weighted by Gasteiger charge is 2.08. The Morgan fingerprint density at radius 3 is 2.54 bits per heavy atom. The lowest BCUT2D eigenvalue weighted by atomic mass is 10.1. The van der Waals surface area contributed by atoms with Gasteiger partial charge in [0.05, 0.1) is 11.7 Å². The van der Waals surface area contributed by atoms with Crippen molar-refractivity contribution in [2.75, 3.05) is 0 Å². The fourth-order valence-electron chi connectivity index (χ4n) is 2.34. The molecule has 0 saturated carbocycles. The van der Waals surface area contributed by atoms with Gasteiger partial charge in [-0.2, -0.15) is 5.10 Å². The first-order valence-corrected chi connectivity index (χ1v) is 7.71. The number of aromatic nitrogens is 3. The van der Waals surface area contributed by atoms with Gasteiger partial charge in [0, 0.05) is 6.08 Å². The van der Waals surface area contributed by atoms with Crippen LogP contribution in [0.1, 0.15) is 24.1 Å². The minimum absolute atomic E-state index is 0.0808. The Balaban J connectivity index is 1.61. The average molecular weight is 318 g/mol. The highest BCUT2D eigenvalue weighted by atomic mass is 16.1. The molecule has 0 fully saturated rings. The van der Waals surface area contributed by atoms with Crippen LogP contribution in [0, 0.1) is 0 Å². The topological polar surface area (TPSA) is 59.8 Å². The lowest BCUT2D eigenvalue weighted by molar-refractivity contribution is -0.117. The molecule has 1 aromatic heterocycles. The third-order valence-electron chi connectivity index (χ3n) is 3.66. The molecule has 0 radical (unpaired) electrons. The van der Waals surface area contributed by atoms with Crippen LogP contribution in [0.25, 0.3) is 11.8 Å². The largest absolute Gasteiger partial charge is 0.346 e. The number of carbonyl (C=O) groups is 1. The molecule has 0 aliphatic rings. The molecule has 0 unspecified atom stereocenters. The molecular weight excluding hydrogens is 300 g/mol. The van der Waals surface area contributed by atoms with E-state index < -0.39 is 0 Å². The van der Waals surface area contributed by atoms with Crippen LogP contribution in [0.2, 0.25) is 0 Å². The van der Waals surface area contributed by atoms with Crippen LogP contribution < -0.4 is 5.32 Å². The fraction of sp³-hybridized carbons (Fsp3) is 0.105. The second-order valence-corrected chi connectivity index (χ2v) is 5.41. The van der Waals surface area contributed by atoms with E-state index in [-0.39, 0.29) is 11.9 Å². The number of carbonyl (C=O) groups excluding carboxylic acids is 1. The molecular formula is C19H18N4O. The Labute approximate surface area is 140 Å². The molecule has 1 amide bonds. The van der Waals surface area contributed by atoms with Crippen molar-refractivity contribution < 1.29 is 4.79 Å². The third-order valence-corrected chi connectivity index (χ3v) is 3.66. The van der Waals surface area contributed by atoms with Crippen LogP contribution >= 0.6 is 0 Å². The summed E-state index contributed by atoms with van der Waals surface area (Å²) in [6.07, 6.45) is 6.50. The predicted octanol–water partition coefficient (Wildman–Crippen LogP) is 3.16. The molecule has 3 aromatic rings. The Morgan fingerprint density at radius 2 is 1.88 bits per heavy atom. The molecule has 0 aliphatic heterocycles. The van der Waals surface area contributed by atoms with Gasteiger partial charge in [0.1, 0.15) is 12.7 Å². The average Bonchev–Trinajstić information content (AvgIpc) is 3.16. The first-order chi connectivity index (χ1) is 11.7. The predicted molar refractivity (Wildman–Crippen MR) is 93.4 cm³/mol. The standard InChI is InChI=1S/C19H18N4O/c1-15(22-19(24)12-7-16-5-3-2-4-6-16)17-8-10-18(11-9-17)23-14-20-13-21-23/h2-15H,1H3,(H,22,24)/b12-7+/t15-/m0/s1. The molecule has 0 saturated heterocycles. The molecule has 3 rings (SSSR count). The van der Waals surface area contributed by atoms with Crippen LogP contribution in [-0.4, -0.2) is 20.7 Å². The molecule has 1 atom stereocenters. The quantitative estimate of drug-likeness (QED) is 0.735. The zero-order valence-corrected chi connectivity index (χ0v) is 13.3. The number of amides is 1. The van der Waals surface area contributed by atoms with E-state index in [0.29, 0.717) is 0 Å². The van der Waals surface area contributed by atoms with E-state index in [9.17, 15) is 4.79 Å². The number of nitrogens with one attached hydrogen (secondary N) is 1. The minimum atomic E-state index is -0.119. The number of rotatable bonds is 5. The SMILES string of the molecule is C[C@H](NC(=O)/C=C/c1ccccc1)c1ccc(-n2cncn2)cc1. The smallest absolute Gasteiger partial charge is 0.244 e. The summed E-state index contributed by atoms with van der Waals surface area (Å²) in [5.41, 5.74) is 2.96. The van der Waals surface area contributed by atoms with Gasteiger partial charge < -0.3 is 5.32 Å². The summed E-state index contributed by atoms with van der Waals surface area (Å²) < 4.78 is 1.69. The summed E-state index contributed by atoms with van der Waals surface area (Å²) >= 11 is 0. The van der Waals surface area contributed by atoms with E-state index in [1.165, 1.54) is 6.33 Å². The Hall–Kier alpha value is -3.21. The molecule has 120 valence electrons. The first kappa shape index (κ1) is 15.7. The monoisotopic (exact) mass is 318 g/mol. The fourth-order valence-corrected chi connectivity index (χ4v) is 2.34. The van der Waals surface area contributed by atoms with Crippen molar-refractivity contribution in [3.63, 3.8) is 0 Å². The van der Waals surface area contributed by atoms with Gasteiger partial charge in [0.2, 0.25) is 5.91 Å². The van der Waals surface area contributed by atoms with Crippen molar-refractivity contribution in [2.24, 2.45) is 0 Å². The van der Waals surface area contributed by atoms with Crippen molar-refractivity contribution in [1.29, 1.82) is 0 Å². The number of hydrogen-bond donors (Lipinski definition) is 1. The minimum Gasteiger partial charge on any atom is -0.346 e. The van der Waals surface area contributed by atoms with Crippen molar-refractivity contribution >= 4 is 12.0 Å². The Bertz CT molecular complexity index is 808.